The molecule has 0 saturated heterocycles. The summed E-state index contributed by atoms with van der Waals surface area (Å²) < 4.78 is 6.27. The van der Waals surface area contributed by atoms with Gasteiger partial charge >= 0.3 is 0 Å². The molecule has 0 aliphatic carbocycles. The van der Waals surface area contributed by atoms with Crippen LogP contribution in [0.25, 0.3) is 0 Å². The minimum atomic E-state index is -0.0950. The minimum Gasteiger partial charge on any atom is -0.493 e. The quantitative estimate of drug-likeness (QED) is 0.0639. The first-order valence-electron chi connectivity index (χ1n) is 38.0. The maximum Gasteiger partial charge on any atom is 0.255 e. The van der Waals surface area contributed by atoms with E-state index < -0.39 is 0 Å². The van der Waals surface area contributed by atoms with E-state index in [1.165, 1.54) is 366 Å². The van der Waals surface area contributed by atoms with E-state index >= 15 is 0 Å². The Labute approximate surface area is 514 Å². The molecule has 482 valence electrons. The van der Waals surface area contributed by atoms with E-state index in [0.717, 1.165) is 38.5 Å². The Morgan fingerprint density at radius 3 is 0.720 bits per heavy atom. The summed E-state index contributed by atoms with van der Waals surface area (Å²) in [5, 5.41) is 6.32. The fraction of sp³-hybridized carbons (Fsp3) is 0.896. The molecule has 0 unspecified atom stereocenters. The summed E-state index contributed by atoms with van der Waals surface area (Å²) in [6.45, 7) is 8.80. The third-order valence-corrected chi connectivity index (χ3v) is 18.1. The van der Waals surface area contributed by atoms with Gasteiger partial charge in [-0.1, -0.05) is 406 Å². The summed E-state index contributed by atoms with van der Waals surface area (Å²) in [5.41, 5.74) is 1.12. The van der Waals surface area contributed by atoms with E-state index in [2.05, 4.69) is 31.4 Å². The molecule has 0 fully saturated rings. The van der Waals surface area contributed by atoms with Crippen LogP contribution in [0.1, 0.15) is 446 Å². The second kappa shape index (κ2) is 66.5. The van der Waals surface area contributed by atoms with Crippen molar-refractivity contribution in [2.75, 3.05) is 19.7 Å². The molecule has 0 heterocycles. The van der Waals surface area contributed by atoms with Crippen LogP contribution >= 0.6 is 0 Å². The lowest BCUT2D eigenvalue weighted by atomic mass is 10.0. The van der Waals surface area contributed by atoms with Crippen LogP contribution in [0.15, 0.2) is 18.2 Å². The van der Waals surface area contributed by atoms with Gasteiger partial charge in [0.2, 0.25) is 0 Å². The number of hydrogen-bond donors (Lipinski definition) is 2. The average Bonchev–Trinajstić information content (AvgIpc) is 3.67. The van der Waals surface area contributed by atoms with Crippen LogP contribution in [-0.2, 0) is 0 Å². The van der Waals surface area contributed by atoms with Crippen LogP contribution in [0, 0.1) is 0 Å². The van der Waals surface area contributed by atoms with Crippen molar-refractivity contribution in [2.45, 2.75) is 425 Å². The molecule has 1 rings (SSSR count). The fourth-order valence-corrected chi connectivity index (χ4v) is 12.4. The highest BCUT2D eigenvalue weighted by Crippen LogP contribution is 2.24. The lowest BCUT2D eigenvalue weighted by molar-refractivity contribution is 0.0937. The molecule has 0 atom stereocenters. The van der Waals surface area contributed by atoms with Gasteiger partial charge in [-0.15, -0.1) is 0 Å². The third-order valence-electron chi connectivity index (χ3n) is 18.1. The maximum atomic E-state index is 13.5. The van der Waals surface area contributed by atoms with E-state index in [4.69, 9.17) is 4.74 Å². The van der Waals surface area contributed by atoms with Crippen molar-refractivity contribution in [1.82, 2.24) is 10.6 Å². The zero-order valence-corrected chi connectivity index (χ0v) is 56.1. The lowest BCUT2D eigenvalue weighted by Gasteiger charge is -2.14. The van der Waals surface area contributed by atoms with Gasteiger partial charge in [-0.2, -0.15) is 0 Å². The van der Waals surface area contributed by atoms with Crippen LogP contribution in [0.3, 0.4) is 0 Å². The lowest BCUT2D eigenvalue weighted by Crippen LogP contribution is -2.26. The van der Waals surface area contributed by atoms with Gasteiger partial charge in [0, 0.05) is 18.7 Å². The smallest absolute Gasteiger partial charge is 0.255 e. The van der Waals surface area contributed by atoms with Crippen LogP contribution in [0.4, 0.5) is 0 Å². The number of nitrogens with one attached hydrogen (secondary N) is 2. The zero-order valence-electron chi connectivity index (χ0n) is 56.1. The van der Waals surface area contributed by atoms with Crippen molar-refractivity contribution in [1.29, 1.82) is 0 Å². The van der Waals surface area contributed by atoms with E-state index in [1.807, 2.05) is 0 Å². The normalized spacial score (nSPS) is 11.5. The summed E-state index contributed by atoms with van der Waals surface area (Å²) in [4.78, 5) is 26.7. The number of carbonyl (C=O) groups excluding carboxylic acids is 2. The molecule has 1 aromatic rings. The topological polar surface area (TPSA) is 67.4 Å². The van der Waals surface area contributed by atoms with E-state index in [9.17, 15) is 9.59 Å². The number of hydrogen-bond acceptors (Lipinski definition) is 3. The van der Waals surface area contributed by atoms with Crippen molar-refractivity contribution < 1.29 is 14.3 Å². The Morgan fingerprint density at radius 2 is 0.476 bits per heavy atom. The Bertz CT molecular complexity index is 1430. The van der Waals surface area contributed by atoms with Gasteiger partial charge in [-0.05, 0) is 37.5 Å². The fourth-order valence-electron chi connectivity index (χ4n) is 12.4. The molecule has 2 N–H and O–H groups in total. The minimum absolute atomic E-state index is 0.0753. The van der Waals surface area contributed by atoms with Crippen LogP contribution < -0.4 is 15.4 Å². The molecular formula is C77H146N2O3. The first kappa shape index (κ1) is 78.0. The zero-order chi connectivity index (χ0) is 58.8. The second-order valence-corrected chi connectivity index (χ2v) is 26.3. The van der Waals surface area contributed by atoms with Crippen molar-refractivity contribution >= 4 is 11.8 Å². The highest BCUT2D eigenvalue weighted by atomic mass is 16.5. The number of unbranched alkanes of at least 4 members (excludes halogenated alkanes) is 60. The maximum absolute atomic E-state index is 13.5. The van der Waals surface area contributed by atoms with E-state index in [1.54, 1.807) is 18.2 Å². The summed E-state index contributed by atoms with van der Waals surface area (Å²) in [6.07, 6.45) is 86.8. The number of ether oxygens (including phenoxy) is 1. The van der Waals surface area contributed by atoms with Gasteiger partial charge in [0.15, 0.2) is 0 Å². The molecule has 5 nitrogen and oxygen atoms in total. The number of carbonyl (C=O) groups is 2. The number of benzene rings is 1. The van der Waals surface area contributed by atoms with Crippen molar-refractivity contribution in [3.63, 3.8) is 0 Å². The predicted molar refractivity (Wildman–Crippen MR) is 364 cm³/mol. The van der Waals surface area contributed by atoms with Gasteiger partial charge in [0.05, 0.1) is 12.2 Å². The Balaban J connectivity index is 2.09. The average molecular weight is 1150 g/mol. The highest BCUT2D eigenvalue weighted by molar-refractivity contribution is 6.00. The molecule has 0 aliphatic heterocycles. The standard InChI is InChI=1S/C77H146N2O3/c1-4-7-10-13-16-18-20-22-24-26-28-30-32-34-36-38-40-42-44-46-48-50-52-54-56-58-61-64-69-78-76(80)73-67-68-74(75(72-73)82-71-66-63-60-15-12-9-6-3)77(81)79-70-65-62-59-57-55-53-51-49-47-45-43-41-39-37-35-33-31-29-27-25-23-21-19-17-14-11-8-5-2/h67-68,72H,4-66,69-71H2,1-3H3,(H,78,80)(H,79,81). The second-order valence-electron chi connectivity index (χ2n) is 26.3. The molecule has 2 amide bonds. The summed E-state index contributed by atoms with van der Waals surface area (Å²) >= 11 is 0. The van der Waals surface area contributed by atoms with E-state index in [0.29, 0.717) is 36.6 Å². The number of amides is 2. The van der Waals surface area contributed by atoms with Gasteiger partial charge in [-0.3, -0.25) is 9.59 Å². The SMILES string of the molecule is CCCCCCCCCCCCCCCCCCCCCCCCCCCCCCNC(=O)c1ccc(C(=O)NCCCCCCCCCCCCCCCCCCCCCCCCCCCCCC)c(OCCCCCCCCC)c1. The first-order valence-corrected chi connectivity index (χ1v) is 38.0. The first-order chi connectivity index (χ1) is 40.6. The van der Waals surface area contributed by atoms with Gasteiger partial charge in [0.25, 0.3) is 11.8 Å². The third kappa shape index (κ3) is 55.8. The Morgan fingerprint density at radius 1 is 0.268 bits per heavy atom. The molecule has 0 aromatic heterocycles. The summed E-state index contributed by atoms with van der Waals surface area (Å²) in [6, 6.07) is 5.40. The molecule has 0 radical (unpaired) electrons. The molecule has 82 heavy (non-hydrogen) atoms. The van der Waals surface area contributed by atoms with Gasteiger partial charge < -0.3 is 15.4 Å². The Kier molecular flexibility index (Phi) is 63.2. The molecule has 0 aliphatic rings. The highest BCUT2D eigenvalue weighted by Gasteiger charge is 2.16. The molecular weight excluding hydrogens is 1000 g/mol. The van der Waals surface area contributed by atoms with Crippen molar-refractivity contribution in [3.8, 4) is 5.75 Å². The van der Waals surface area contributed by atoms with E-state index in [-0.39, 0.29) is 11.8 Å². The summed E-state index contributed by atoms with van der Waals surface area (Å²) in [7, 11) is 0. The molecule has 0 bridgehead atoms. The van der Waals surface area contributed by atoms with Crippen LogP contribution in [-0.4, -0.2) is 31.5 Å². The van der Waals surface area contributed by atoms with Gasteiger partial charge in [-0.25, -0.2) is 0 Å². The van der Waals surface area contributed by atoms with Gasteiger partial charge in [0.1, 0.15) is 5.75 Å². The molecule has 0 spiro atoms. The van der Waals surface area contributed by atoms with Crippen molar-refractivity contribution in [2.24, 2.45) is 0 Å². The largest absolute Gasteiger partial charge is 0.493 e. The van der Waals surface area contributed by atoms with Crippen LogP contribution in [0.5, 0.6) is 5.75 Å². The summed E-state index contributed by atoms with van der Waals surface area (Å²) in [5.74, 6) is 0.369. The van der Waals surface area contributed by atoms with Crippen molar-refractivity contribution in [3.05, 3.63) is 29.3 Å². The predicted octanol–water partition coefficient (Wildman–Crippen LogP) is 26.2. The molecule has 5 heteroatoms. The molecule has 0 saturated carbocycles. The monoisotopic (exact) mass is 1150 g/mol. The number of rotatable bonds is 69. The Hall–Kier alpha value is -2.04. The molecule has 1 aromatic carbocycles. The van der Waals surface area contributed by atoms with Crippen LogP contribution in [0.2, 0.25) is 0 Å².